The van der Waals surface area contributed by atoms with Crippen molar-refractivity contribution in [3.63, 3.8) is 0 Å². The summed E-state index contributed by atoms with van der Waals surface area (Å²) in [6.45, 7) is 0.353. The van der Waals surface area contributed by atoms with E-state index in [1.165, 1.54) is 0 Å². The molecule has 1 amide bonds. The molecule has 31 heavy (non-hydrogen) atoms. The molecule has 0 saturated carbocycles. The zero-order chi connectivity index (χ0) is 22.1. The Morgan fingerprint density at radius 1 is 0.935 bits per heavy atom. The first kappa shape index (κ1) is 23.1. The van der Waals surface area contributed by atoms with Gasteiger partial charge in [-0.25, -0.2) is 0 Å². The van der Waals surface area contributed by atoms with Crippen molar-refractivity contribution in [1.29, 1.82) is 0 Å². The number of benzene rings is 3. The molecule has 0 bridgehead atoms. The third-order valence-corrected chi connectivity index (χ3v) is 5.24. The Balaban J connectivity index is 1.49. The number of rotatable bonds is 8. The maximum atomic E-state index is 12.3. The van der Waals surface area contributed by atoms with Gasteiger partial charge in [-0.15, -0.1) is 0 Å². The predicted octanol–water partition coefficient (Wildman–Crippen LogP) is 5.93. The van der Waals surface area contributed by atoms with Crippen LogP contribution in [-0.4, -0.2) is 17.6 Å². The molecular formula is C24H22Cl2N2O2S. The fraction of sp³-hybridized carbons (Fsp3) is 0.167. The number of hydrogen-bond acceptors (Lipinski definition) is 3. The standard InChI is InChI=1S/C24H22Cl2N2O2S/c25-19-13-14-21(20(26)16-19)30-15-7-12-22(29)27-24(31)28-23(17-8-3-1-4-9-17)18-10-5-2-6-11-18/h1-6,8-11,13-14,16,23H,7,12,15H2,(H2,27,28,29,31). The molecule has 3 aromatic rings. The average molecular weight is 473 g/mol. The molecule has 7 heteroatoms. The minimum Gasteiger partial charge on any atom is -0.492 e. The van der Waals surface area contributed by atoms with Crippen LogP contribution in [0.5, 0.6) is 5.75 Å². The van der Waals surface area contributed by atoms with Gasteiger partial charge in [-0.2, -0.15) is 0 Å². The van der Waals surface area contributed by atoms with Crippen LogP contribution in [0.25, 0.3) is 0 Å². The fourth-order valence-corrected chi connectivity index (χ4v) is 3.71. The van der Waals surface area contributed by atoms with E-state index in [1.807, 2.05) is 60.7 Å². The third kappa shape index (κ3) is 7.24. The zero-order valence-electron chi connectivity index (χ0n) is 16.7. The monoisotopic (exact) mass is 472 g/mol. The molecule has 3 aromatic carbocycles. The van der Waals surface area contributed by atoms with Crippen LogP contribution in [0.1, 0.15) is 30.0 Å². The van der Waals surface area contributed by atoms with Crippen LogP contribution < -0.4 is 15.4 Å². The minimum absolute atomic E-state index is 0.162. The van der Waals surface area contributed by atoms with Crippen LogP contribution in [0.4, 0.5) is 0 Å². The molecule has 0 spiro atoms. The first-order chi connectivity index (χ1) is 15.0. The normalized spacial score (nSPS) is 10.5. The molecule has 0 saturated heterocycles. The van der Waals surface area contributed by atoms with Gasteiger partial charge in [0.25, 0.3) is 0 Å². The lowest BCUT2D eigenvalue weighted by Gasteiger charge is -2.21. The molecule has 0 unspecified atom stereocenters. The maximum Gasteiger partial charge on any atom is 0.226 e. The lowest BCUT2D eigenvalue weighted by atomic mass is 9.99. The Labute approximate surface area is 197 Å². The van der Waals surface area contributed by atoms with Crippen molar-refractivity contribution >= 4 is 46.4 Å². The molecule has 160 valence electrons. The molecular weight excluding hydrogens is 451 g/mol. The van der Waals surface area contributed by atoms with Crippen molar-refractivity contribution < 1.29 is 9.53 Å². The molecule has 0 aliphatic rings. The lowest BCUT2D eigenvalue weighted by molar-refractivity contribution is -0.119. The van der Waals surface area contributed by atoms with Crippen LogP contribution in [0.15, 0.2) is 78.9 Å². The SMILES string of the molecule is O=C(CCCOc1ccc(Cl)cc1Cl)NC(=S)NC(c1ccccc1)c1ccccc1. The number of amides is 1. The number of hydrogen-bond donors (Lipinski definition) is 2. The van der Waals surface area contributed by atoms with Gasteiger partial charge in [-0.05, 0) is 48.0 Å². The Bertz CT molecular complexity index is 977. The number of carbonyl (C=O) groups excluding carboxylic acids is 1. The van der Waals surface area contributed by atoms with Gasteiger partial charge in [0.1, 0.15) is 5.75 Å². The summed E-state index contributed by atoms with van der Waals surface area (Å²) in [5.74, 6) is 0.361. The molecule has 0 fully saturated rings. The summed E-state index contributed by atoms with van der Waals surface area (Å²) in [6, 6.07) is 24.8. The first-order valence-electron chi connectivity index (χ1n) is 9.81. The van der Waals surface area contributed by atoms with Crippen molar-refractivity contribution in [3.05, 3.63) is 100 Å². The van der Waals surface area contributed by atoms with Crippen molar-refractivity contribution in [2.45, 2.75) is 18.9 Å². The summed E-state index contributed by atoms with van der Waals surface area (Å²) < 4.78 is 5.61. The van der Waals surface area contributed by atoms with Crippen molar-refractivity contribution in [2.75, 3.05) is 6.61 Å². The highest BCUT2D eigenvalue weighted by Gasteiger charge is 2.16. The smallest absolute Gasteiger partial charge is 0.226 e. The number of ether oxygens (including phenoxy) is 1. The van der Waals surface area contributed by atoms with Crippen LogP contribution in [0.3, 0.4) is 0 Å². The lowest BCUT2D eigenvalue weighted by Crippen LogP contribution is -2.41. The highest BCUT2D eigenvalue weighted by molar-refractivity contribution is 7.80. The second-order valence-electron chi connectivity index (χ2n) is 6.80. The van der Waals surface area contributed by atoms with Crippen LogP contribution in [-0.2, 0) is 4.79 Å². The highest BCUT2D eigenvalue weighted by Crippen LogP contribution is 2.27. The topological polar surface area (TPSA) is 50.4 Å². The van der Waals surface area contributed by atoms with Crippen molar-refractivity contribution in [2.24, 2.45) is 0 Å². The Morgan fingerprint density at radius 3 is 2.13 bits per heavy atom. The summed E-state index contributed by atoms with van der Waals surface area (Å²) >= 11 is 17.3. The van der Waals surface area contributed by atoms with Crippen LogP contribution in [0, 0.1) is 0 Å². The minimum atomic E-state index is -0.178. The van der Waals surface area contributed by atoms with Gasteiger partial charge >= 0.3 is 0 Å². The van der Waals surface area contributed by atoms with Gasteiger partial charge in [-0.3, -0.25) is 4.79 Å². The number of thiocarbonyl (C=S) groups is 1. The van der Waals surface area contributed by atoms with E-state index in [2.05, 4.69) is 10.6 Å². The molecule has 0 atom stereocenters. The number of nitrogens with one attached hydrogen (secondary N) is 2. The Morgan fingerprint density at radius 2 is 1.55 bits per heavy atom. The molecule has 0 heterocycles. The summed E-state index contributed by atoms with van der Waals surface area (Å²) in [5, 5.41) is 7.26. The third-order valence-electron chi connectivity index (χ3n) is 4.49. The van der Waals surface area contributed by atoms with Gasteiger partial charge < -0.3 is 15.4 Å². The Hall–Kier alpha value is -2.60. The van der Waals surface area contributed by atoms with E-state index >= 15 is 0 Å². The van der Waals surface area contributed by atoms with E-state index in [9.17, 15) is 4.79 Å². The van der Waals surface area contributed by atoms with E-state index in [4.69, 9.17) is 40.2 Å². The number of halogens is 2. The van der Waals surface area contributed by atoms with E-state index in [-0.39, 0.29) is 23.5 Å². The molecule has 0 aromatic heterocycles. The maximum absolute atomic E-state index is 12.3. The average Bonchev–Trinajstić information content (AvgIpc) is 2.77. The number of carbonyl (C=O) groups is 1. The Kier molecular flexibility index (Phi) is 8.71. The first-order valence-corrected chi connectivity index (χ1v) is 11.0. The quantitative estimate of drug-likeness (QED) is 0.315. The molecule has 2 N–H and O–H groups in total. The van der Waals surface area contributed by atoms with Gasteiger partial charge in [0, 0.05) is 11.4 Å². The fourth-order valence-electron chi connectivity index (χ4n) is 3.01. The largest absolute Gasteiger partial charge is 0.492 e. The molecule has 4 nitrogen and oxygen atoms in total. The van der Waals surface area contributed by atoms with Gasteiger partial charge in [-0.1, -0.05) is 83.9 Å². The zero-order valence-corrected chi connectivity index (χ0v) is 19.0. The summed E-state index contributed by atoms with van der Waals surface area (Å²) in [7, 11) is 0. The molecule has 0 aliphatic carbocycles. The van der Waals surface area contributed by atoms with Crippen LogP contribution >= 0.6 is 35.4 Å². The molecule has 0 aliphatic heterocycles. The van der Waals surface area contributed by atoms with E-state index in [0.29, 0.717) is 28.8 Å². The summed E-state index contributed by atoms with van der Waals surface area (Å²) in [5.41, 5.74) is 2.11. The van der Waals surface area contributed by atoms with Crippen LogP contribution in [0.2, 0.25) is 10.0 Å². The van der Waals surface area contributed by atoms with Gasteiger partial charge in [0.05, 0.1) is 17.7 Å². The highest BCUT2D eigenvalue weighted by atomic mass is 35.5. The summed E-state index contributed by atoms with van der Waals surface area (Å²) in [4.78, 5) is 12.3. The van der Waals surface area contributed by atoms with Gasteiger partial charge in [0.15, 0.2) is 5.11 Å². The van der Waals surface area contributed by atoms with E-state index in [0.717, 1.165) is 11.1 Å². The molecule has 0 radical (unpaired) electrons. The van der Waals surface area contributed by atoms with Gasteiger partial charge in [0.2, 0.25) is 5.91 Å². The van der Waals surface area contributed by atoms with E-state index in [1.54, 1.807) is 18.2 Å². The van der Waals surface area contributed by atoms with Crippen molar-refractivity contribution in [1.82, 2.24) is 10.6 Å². The molecule has 3 rings (SSSR count). The summed E-state index contributed by atoms with van der Waals surface area (Å²) in [6.07, 6.45) is 0.794. The predicted molar refractivity (Wildman–Crippen MR) is 130 cm³/mol. The second kappa shape index (κ2) is 11.7. The van der Waals surface area contributed by atoms with Crippen molar-refractivity contribution in [3.8, 4) is 5.75 Å². The second-order valence-corrected chi connectivity index (χ2v) is 8.05. The van der Waals surface area contributed by atoms with E-state index < -0.39 is 0 Å².